The normalized spacial score (nSPS) is 9.82. The van der Waals surface area contributed by atoms with E-state index in [0.717, 1.165) is 5.69 Å². The molecule has 0 aliphatic rings. The molecule has 4 heteroatoms. The van der Waals surface area contributed by atoms with Gasteiger partial charge in [-0.2, -0.15) is 0 Å². The first-order valence-electron chi connectivity index (χ1n) is 3.09. The van der Waals surface area contributed by atoms with Gasteiger partial charge in [0.2, 0.25) is 0 Å². The summed E-state index contributed by atoms with van der Waals surface area (Å²) >= 11 is 11.4. The zero-order valence-corrected chi connectivity index (χ0v) is 7.82. The summed E-state index contributed by atoms with van der Waals surface area (Å²) in [5, 5.41) is 0.829. The molecule has 60 valence electrons. The largest absolute Gasteiger partial charge is 0.376 e. The van der Waals surface area contributed by atoms with Crippen LogP contribution in [-0.2, 0) is 0 Å². The van der Waals surface area contributed by atoms with Crippen LogP contribution in [0.15, 0.2) is 12.3 Å². The molecule has 0 fully saturated rings. The summed E-state index contributed by atoms with van der Waals surface area (Å²) in [5.41, 5.74) is 0.944. The highest BCUT2D eigenvalue weighted by molar-refractivity contribution is 6.41. The van der Waals surface area contributed by atoms with Crippen molar-refractivity contribution < 1.29 is 0 Å². The molecule has 0 spiro atoms. The molecule has 0 aliphatic carbocycles. The Kier molecular flexibility index (Phi) is 2.58. The second-order valence-electron chi connectivity index (χ2n) is 2.36. The average Bonchev–Trinajstić information content (AvgIpc) is 1.94. The van der Waals surface area contributed by atoms with Gasteiger partial charge in [-0.3, -0.25) is 0 Å². The molecular weight excluding hydrogens is 183 g/mol. The maximum atomic E-state index is 5.74. The van der Waals surface area contributed by atoms with Gasteiger partial charge in [-0.15, -0.1) is 0 Å². The van der Waals surface area contributed by atoms with Crippen molar-refractivity contribution in [1.82, 2.24) is 4.98 Å². The lowest BCUT2D eigenvalue weighted by atomic mass is 10.4. The number of rotatable bonds is 1. The summed E-state index contributed by atoms with van der Waals surface area (Å²) in [5.74, 6) is 0. The fourth-order valence-electron chi connectivity index (χ4n) is 0.656. The highest BCUT2D eigenvalue weighted by Gasteiger charge is 2.00. The predicted molar refractivity (Wildman–Crippen MR) is 48.6 cm³/mol. The van der Waals surface area contributed by atoms with E-state index in [2.05, 4.69) is 4.98 Å². The second-order valence-corrected chi connectivity index (χ2v) is 3.13. The van der Waals surface area contributed by atoms with E-state index in [1.165, 1.54) is 0 Å². The number of pyridine rings is 1. The van der Waals surface area contributed by atoms with Crippen molar-refractivity contribution in [3.8, 4) is 0 Å². The van der Waals surface area contributed by atoms with Gasteiger partial charge in [-0.25, -0.2) is 4.98 Å². The van der Waals surface area contributed by atoms with Crippen LogP contribution in [0.1, 0.15) is 0 Å². The van der Waals surface area contributed by atoms with Gasteiger partial charge in [-0.05, 0) is 6.07 Å². The first kappa shape index (κ1) is 8.62. The zero-order chi connectivity index (χ0) is 8.43. The third kappa shape index (κ3) is 1.98. The minimum Gasteiger partial charge on any atom is -0.376 e. The summed E-state index contributed by atoms with van der Waals surface area (Å²) < 4.78 is 0. The number of hydrogen-bond donors (Lipinski definition) is 0. The Morgan fingerprint density at radius 3 is 2.45 bits per heavy atom. The molecule has 2 nitrogen and oxygen atoms in total. The van der Waals surface area contributed by atoms with Crippen LogP contribution in [0.2, 0.25) is 10.2 Å². The molecule has 0 amide bonds. The Labute approximate surface area is 75.7 Å². The van der Waals surface area contributed by atoms with Gasteiger partial charge in [0, 0.05) is 14.1 Å². The van der Waals surface area contributed by atoms with Gasteiger partial charge < -0.3 is 4.90 Å². The smallest absolute Gasteiger partial charge is 0.147 e. The SMILES string of the molecule is CN(C)c1cnc(Cl)c(Cl)c1. The van der Waals surface area contributed by atoms with Gasteiger partial charge in [-0.1, -0.05) is 23.2 Å². The first-order valence-corrected chi connectivity index (χ1v) is 3.85. The van der Waals surface area contributed by atoms with Crippen LogP contribution in [0.25, 0.3) is 0 Å². The van der Waals surface area contributed by atoms with E-state index in [0.29, 0.717) is 10.2 Å². The second kappa shape index (κ2) is 3.28. The van der Waals surface area contributed by atoms with Gasteiger partial charge in [0.25, 0.3) is 0 Å². The third-order valence-corrected chi connectivity index (χ3v) is 1.98. The van der Waals surface area contributed by atoms with E-state index in [4.69, 9.17) is 23.2 Å². The van der Waals surface area contributed by atoms with Crippen LogP contribution < -0.4 is 4.90 Å². The van der Waals surface area contributed by atoms with Crippen molar-refractivity contribution in [2.24, 2.45) is 0 Å². The van der Waals surface area contributed by atoms with E-state index < -0.39 is 0 Å². The standard InChI is InChI=1S/C7H8Cl2N2/c1-11(2)5-3-6(8)7(9)10-4-5/h3-4H,1-2H3. The zero-order valence-electron chi connectivity index (χ0n) is 6.31. The molecule has 0 saturated carbocycles. The van der Waals surface area contributed by atoms with Crippen molar-refractivity contribution in [2.75, 3.05) is 19.0 Å². The Balaban J connectivity index is 3.05. The Hall–Kier alpha value is -0.470. The molecule has 0 aliphatic heterocycles. The van der Waals surface area contributed by atoms with E-state index in [9.17, 15) is 0 Å². The fourth-order valence-corrected chi connectivity index (χ4v) is 0.920. The topological polar surface area (TPSA) is 16.1 Å². The van der Waals surface area contributed by atoms with Gasteiger partial charge in [0.15, 0.2) is 0 Å². The monoisotopic (exact) mass is 190 g/mol. The summed E-state index contributed by atoms with van der Waals surface area (Å²) in [4.78, 5) is 5.80. The highest BCUT2D eigenvalue weighted by atomic mass is 35.5. The number of nitrogens with zero attached hydrogens (tertiary/aromatic N) is 2. The Morgan fingerprint density at radius 2 is 2.00 bits per heavy atom. The number of anilines is 1. The predicted octanol–water partition coefficient (Wildman–Crippen LogP) is 2.45. The van der Waals surface area contributed by atoms with Crippen molar-refractivity contribution in [1.29, 1.82) is 0 Å². The van der Waals surface area contributed by atoms with Crippen molar-refractivity contribution >= 4 is 28.9 Å². The number of halogens is 2. The molecule has 11 heavy (non-hydrogen) atoms. The Bertz CT molecular complexity index is 261. The lowest BCUT2D eigenvalue weighted by molar-refractivity contribution is 1.11. The average molecular weight is 191 g/mol. The lowest BCUT2D eigenvalue weighted by Gasteiger charge is -2.11. The van der Waals surface area contributed by atoms with Crippen molar-refractivity contribution in [2.45, 2.75) is 0 Å². The molecular formula is C7H8Cl2N2. The van der Waals surface area contributed by atoms with E-state index in [-0.39, 0.29) is 0 Å². The molecule has 1 aromatic rings. The molecule has 0 N–H and O–H groups in total. The molecule has 0 saturated heterocycles. The van der Waals surface area contributed by atoms with Gasteiger partial charge in [0.05, 0.1) is 16.9 Å². The maximum absolute atomic E-state index is 5.74. The van der Waals surface area contributed by atoms with Crippen LogP contribution in [0.5, 0.6) is 0 Å². The molecule has 1 aromatic heterocycles. The molecule has 0 unspecified atom stereocenters. The molecule has 0 atom stereocenters. The van der Waals surface area contributed by atoms with Crippen molar-refractivity contribution in [3.05, 3.63) is 22.4 Å². The summed E-state index contributed by atoms with van der Waals surface area (Å²) in [6, 6.07) is 1.77. The molecule has 1 rings (SSSR count). The molecule has 0 aromatic carbocycles. The third-order valence-electron chi connectivity index (χ3n) is 1.30. The number of aromatic nitrogens is 1. The summed E-state index contributed by atoms with van der Waals surface area (Å²) in [7, 11) is 3.84. The minimum absolute atomic E-state index is 0.345. The van der Waals surface area contributed by atoms with Crippen LogP contribution in [0, 0.1) is 0 Å². The van der Waals surface area contributed by atoms with E-state index >= 15 is 0 Å². The first-order chi connectivity index (χ1) is 5.11. The number of hydrogen-bond acceptors (Lipinski definition) is 2. The molecule has 1 heterocycles. The van der Waals surface area contributed by atoms with Crippen molar-refractivity contribution in [3.63, 3.8) is 0 Å². The molecule has 0 radical (unpaired) electrons. The van der Waals surface area contributed by atoms with E-state index in [1.54, 1.807) is 12.3 Å². The van der Waals surface area contributed by atoms with Crippen LogP contribution >= 0.6 is 23.2 Å². The fraction of sp³-hybridized carbons (Fsp3) is 0.286. The highest BCUT2D eigenvalue weighted by Crippen LogP contribution is 2.23. The summed E-state index contributed by atoms with van der Waals surface area (Å²) in [6.07, 6.45) is 1.67. The molecule has 0 bridgehead atoms. The minimum atomic E-state index is 0.345. The van der Waals surface area contributed by atoms with Gasteiger partial charge in [0.1, 0.15) is 5.15 Å². The van der Waals surface area contributed by atoms with Crippen LogP contribution in [0.4, 0.5) is 5.69 Å². The maximum Gasteiger partial charge on any atom is 0.147 e. The van der Waals surface area contributed by atoms with E-state index in [1.807, 2.05) is 19.0 Å². The van der Waals surface area contributed by atoms with Crippen LogP contribution in [0.3, 0.4) is 0 Å². The van der Waals surface area contributed by atoms with Gasteiger partial charge >= 0.3 is 0 Å². The van der Waals surface area contributed by atoms with Crippen LogP contribution in [-0.4, -0.2) is 19.1 Å². The quantitative estimate of drug-likeness (QED) is 0.633. The lowest BCUT2D eigenvalue weighted by Crippen LogP contribution is -2.08. The Morgan fingerprint density at radius 1 is 1.36 bits per heavy atom. The summed E-state index contributed by atoms with van der Waals surface area (Å²) in [6.45, 7) is 0.